The molecule has 0 bridgehead atoms. The Morgan fingerprint density at radius 3 is 2.62 bits per heavy atom. The zero-order chi connectivity index (χ0) is 17.0. The van der Waals surface area contributed by atoms with Gasteiger partial charge in [0.1, 0.15) is 9.84 Å². The highest BCUT2D eigenvalue weighted by molar-refractivity contribution is 7.91. The van der Waals surface area contributed by atoms with Crippen molar-refractivity contribution in [1.82, 2.24) is 4.90 Å². The lowest BCUT2D eigenvalue weighted by Gasteiger charge is -2.38. The number of rotatable bonds is 6. The molecule has 0 radical (unpaired) electrons. The summed E-state index contributed by atoms with van der Waals surface area (Å²) in [6.07, 6.45) is 5.87. The van der Waals surface area contributed by atoms with Gasteiger partial charge in [-0.2, -0.15) is 0 Å². The monoisotopic (exact) mass is 351 g/mol. The molecule has 3 rings (SSSR count). The standard InChI is InChI=1S/C19H29NO3S/c21-12-4-11-20(15-16-9-13-24(22,23)14-10-16)19-8-3-6-17-5-1-2-7-18(17)19/h1-2,5,7,16,19,21H,3-4,6,8-15H2. The first-order valence-electron chi connectivity index (χ1n) is 9.22. The van der Waals surface area contributed by atoms with Gasteiger partial charge < -0.3 is 5.11 Å². The summed E-state index contributed by atoms with van der Waals surface area (Å²) in [5, 5.41) is 9.28. The van der Waals surface area contributed by atoms with Crippen molar-refractivity contribution in [2.24, 2.45) is 5.92 Å². The molecule has 1 unspecified atom stereocenters. The van der Waals surface area contributed by atoms with Crippen LogP contribution in [0.1, 0.15) is 49.3 Å². The fourth-order valence-electron chi connectivity index (χ4n) is 4.21. The van der Waals surface area contributed by atoms with Crippen molar-refractivity contribution in [3.05, 3.63) is 35.4 Å². The highest BCUT2D eigenvalue weighted by atomic mass is 32.2. The van der Waals surface area contributed by atoms with Crippen LogP contribution < -0.4 is 0 Å². The smallest absolute Gasteiger partial charge is 0.150 e. The van der Waals surface area contributed by atoms with Gasteiger partial charge in [-0.15, -0.1) is 0 Å². The van der Waals surface area contributed by atoms with E-state index in [2.05, 4.69) is 29.2 Å². The second-order valence-corrected chi connectivity index (χ2v) is 9.58. The third-order valence-corrected chi connectivity index (χ3v) is 7.26. The molecule has 1 saturated heterocycles. The van der Waals surface area contributed by atoms with E-state index in [1.54, 1.807) is 0 Å². The number of benzene rings is 1. The molecule has 24 heavy (non-hydrogen) atoms. The van der Waals surface area contributed by atoms with E-state index < -0.39 is 9.84 Å². The maximum absolute atomic E-state index is 11.7. The normalized spacial score (nSPS) is 24.0. The Morgan fingerprint density at radius 2 is 1.88 bits per heavy atom. The van der Waals surface area contributed by atoms with E-state index in [0.29, 0.717) is 23.5 Å². The molecule has 1 aromatic carbocycles. The number of aryl methyl sites for hydroxylation is 1. The van der Waals surface area contributed by atoms with Gasteiger partial charge >= 0.3 is 0 Å². The molecule has 0 amide bonds. The zero-order valence-electron chi connectivity index (χ0n) is 14.4. The van der Waals surface area contributed by atoms with Gasteiger partial charge in [0.05, 0.1) is 11.5 Å². The lowest BCUT2D eigenvalue weighted by molar-refractivity contribution is 0.133. The Hall–Kier alpha value is -0.910. The van der Waals surface area contributed by atoms with E-state index in [-0.39, 0.29) is 6.61 Å². The van der Waals surface area contributed by atoms with Gasteiger partial charge in [0.2, 0.25) is 0 Å². The summed E-state index contributed by atoms with van der Waals surface area (Å²) in [5.41, 5.74) is 2.89. The number of nitrogens with zero attached hydrogens (tertiary/aromatic N) is 1. The molecule has 1 heterocycles. The van der Waals surface area contributed by atoms with Gasteiger partial charge in [0.25, 0.3) is 0 Å². The summed E-state index contributed by atoms with van der Waals surface area (Å²) in [4.78, 5) is 2.51. The van der Waals surface area contributed by atoms with Crippen molar-refractivity contribution in [1.29, 1.82) is 0 Å². The minimum atomic E-state index is -2.80. The van der Waals surface area contributed by atoms with E-state index in [4.69, 9.17) is 0 Å². The van der Waals surface area contributed by atoms with Crippen molar-refractivity contribution in [3.8, 4) is 0 Å². The van der Waals surface area contributed by atoms with Crippen molar-refractivity contribution < 1.29 is 13.5 Å². The van der Waals surface area contributed by atoms with Crippen molar-refractivity contribution in [2.75, 3.05) is 31.2 Å². The third kappa shape index (κ3) is 4.38. The highest BCUT2D eigenvalue weighted by Crippen LogP contribution is 2.35. The topological polar surface area (TPSA) is 57.6 Å². The Labute approximate surface area is 145 Å². The maximum Gasteiger partial charge on any atom is 0.150 e. The first kappa shape index (κ1) is 17.9. The number of aliphatic hydroxyl groups is 1. The summed E-state index contributed by atoms with van der Waals surface area (Å²) < 4.78 is 23.3. The summed E-state index contributed by atoms with van der Waals surface area (Å²) in [5.74, 6) is 1.14. The second-order valence-electron chi connectivity index (χ2n) is 7.27. The van der Waals surface area contributed by atoms with Gasteiger partial charge in [0, 0.05) is 25.7 Å². The van der Waals surface area contributed by atoms with E-state index in [1.807, 2.05) is 0 Å². The summed E-state index contributed by atoms with van der Waals surface area (Å²) >= 11 is 0. The fourth-order valence-corrected chi connectivity index (χ4v) is 5.80. The van der Waals surface area contributed by atoms with Crippen molar-refractivity contribution in [3.63, 3.8) is 0 Å². The number of hydrogen-bond donors (Lipinski definition) is 1. The molecule has 1 aromatic rings. The first-order chi connectivity index (χ1) is 11.6. The number of hydrogen-bond acceptors (Lipinski definition) is 4. The molecule has 1 fully saturated rings. The molecule has 1 N–H and O–H groups in total. The van der Waals surface area contributed by atoms with E-state index in [9.17, 15) is 13.5 Å². The van der Waals surface area contributed by atoms with Gasteiger partial charge in [-0.3, -0.25) is 4.90 Å². The Morgan fingerprint density at radius 1 is 1.12 bits per heavy atom. The van der Waals surface area contributed by atoms with Crippen LogP contribution in [-0.4, -0.2) is 49.6 Å². The SMILES string of the molecule is O=S1(=O)CCC(CN(CCCO)C2CCCc3ccccc32)CC1. The Balaban J connectivity index is 1.73. The van der Waals surface area contributed by atoms with E-state index in [0.717, 1.165) is 45.2 Å². The average molecular weight is 352 g/mol. The summed E-state index contributed by atoms with van der Waals surface area (Å²) in [7, 11) is -2.80. The molecular formula is C19H29NO3S. The first-order valence-corrected chi connectivity index (χ1v) is 11.0. The van der Waals surface area contributed by atoms with Gasteiger partial charge in [-0.25, -0.2) is 8.42 Å². The lowest BCUT2D eigenvalue weighted by atomic mass is 9.86. The lowest BCUT2D eigenvalue weighted by Crippen LogP contribution is -2.38. The molecule has 0 saturated carbocycles. The highest BCUT2D eigenvalue weighted by Gasteiger charge is 2.30. The minimum Gasteiger partial charge on any atom is -0.396 e. The van der Waals surface area contributed by atoms with Crippen molar-refractivity contribution in [2.45, 2.75) is 44.6 Å². The molecule has 2 aliphatic rings. The second kappa shape index (κ2) is 7.98. The largest absolute Gasteiger partial charge is 0.396 e. The van der Waals surface area contributed by atoms with E-state index in [1.165, 1.54) is 17.5 Å². The van der Waals surface area contributed by atoms with Gasteiger partial charge in [-0.05, 0) is 55.6 Å². The van der Waals surface area contributed by atoms with Crippen LogP contribution in [0.15, 0.2) is 24.3 Å². The minimum absolute atomic E-state index is 0.212. The number of sulfone groups is 1. The van der Waals surface area contributed by atoms with Crippen LogP contribution >= 0.6 is 0 Å². The van der Waals surface area contributed by atoms with Crippen LogP contribution in [0.25, 0.3) is 0 Å². The van der Waals surface area contributed by atoms with Gasteiger partial charge in [-0.1, -0.05) is 24.3 Å². The van der Waals surface area contributed by atoms with Crippen LogP contribution in [0.3, 0.4) is 0 Å². The molecule has 5 heteroatoms. The molecule has 1 aliphatic carbocycles. The van der Waals surface area contributed by atoms with E-state index >= 15 is 0 Å². The molecule has 1 atom stereocenters. The van der Waals surface area contributed by atoms with Gasteiger partial charge in [0.15, 0.2) is 0 Å². The predicted molar refractivity (Wildman–Crippen MR) is 96.8 cm³/mol. The average Bonchev–Trinajstić information content (AvgIpc) is 2.59. The van der Waals surface area contributed by atoms with Crippen LogP contribution in [0.2, 0.25) is 0 Å². The number of aliphatic hydroxyl groups excluding tert-OH is 1. The number of fused-ring (bicyclic) bond motifs is 1. The predicted octanol–water partition coefficient (Wildman–Crippen LogP) is 2.57. The molecule has 0 aromatic heterocycles. The molecule has 4 nitrogen and oxygen atoms in total. The summed E-state index contributed by atoms with van der Waals surface area (Å²) in [6, 6.07) is 9.13. The zero-order valence-corrected chi connectivity index (χ0v) is 15.2. The molecule has 134 valence electrons. The molecule has 1 aliphatic heterocycles. The third-order valence-electron chi connectivity index (χ3n) is 5.55. The fraction of sp³-hybridized carbons (Fsp3) is 0.684. The van der Waals surface area contributed by atoms with Crippen LogP contribution in [0.4, 0.5) is 0 Å². The Bertz CT molecular complexity index is 630. The quantitative estimate of drug-likeness (QED) is 0.856. The van der Waals surface area contributed by atoms with Crippen LogP contribution in [0.5, 0.6) is 0 Å². The van der Waals surface area contributed by atoms with Crippen LogP contribution in [0, 0.1) is 5.92 Å². The maximum atomic E-state index is 11.7. The van der Waals surface area contributed by atoms with Crippen LogP contribution in [-0.2, 0) is 16.3 Å². The summed E-state index contributed by atoms with van der Waals surface area (Å²) in [6.45, 7) is 2.05. The molecular weight excluding hydrogens is 322 g/mol. The van der Waals surface area contributed by atoms with Crippen molar-refractivity contribution >= 4 is 9.84 Å². The molecule has 0 spiro atoms. The Kier molecular flexibility index (Phi) is 5.95.